The first-order chi connectivity index (χ1) is 9.65. The molecule has 0 radical (unpaired) electrons. The molecule has 0 atom stereocenters. The fourth-order valence-electron chi connectivity index (χ4n) is 1.88. The monoisotopic (exact) mass is 289 g/mol. The fourth-order valence-corrected chi connectivity index (χ4v) is 2.05. The number of azo groups is 1. The summed E-state index contributed by atoms with van der Waals surface area (Å²) in [7, 11) is 0. The summed E-state index contributed by atoms with van der Waals surface area (Å²) in [6, 6.07) is 11.1. The van der Waals surface area contributed by atoms with Gasteiger partial charge in [-0.1, -0.05) is 23.7 Å². The molecular weight excluding hydrogens is 281 g/mol. The highest BCUT2D eigenvalue weighted by molar-refractivity contribution is 6.32. The molecular formula is C14H9ClFN3O. The maximum absolute atomic E-state index is 13.1. The minimum Gasteiger partial charge on any atom is -0.493 e. The third-order valence-electron chi connectivity index (χ3n) is 2.82. The molecule has 2 N–H and O–H groups in total. The van der Waals surface area contributed by atoms with Crippen molar-refractivity contribution in [1.29, 1.82) is 0 Å². The predicted octanol–water partition coefficient (Wildman–Crippen LogP) is 5.08. The van der Waals surface area contributed by atoms with E-state index in [0.29, 0.717) is 21.6 Å². The topological polar surface area (TPSA) is 60.7 Å². The Morgan fingerprint density at radius 1 is 1.10 bits per heavy atom. The molecule has 0 saturated heterocycles. The molecule has 3 aromatic rings. The van der Waals surface area contributed by atoms with Gasteiger partial charge in [0.15, 0.2) is 5.69 Å². The van der Waals surface area contributed by atoms with Gasteiger partial charge in [0.2, 0.25) is 5.88 Å². The molecule has 0 aliphatic carbocycles. The smallest absolute Gasteiger partial charge is 0.218 e. The van der Waals surface area contributed by atoms with Gasteiger partial charge in [0, 0.05) is 5.39 Å². The van der Waals surface area contributed by atoms with Crippen molar-refractivity contribution in [2.45, 2.75) is 0 Å². The average Bonchev–Trinajstić information content (AvgIpc) is 2.73. The number of aromatic hydroxyl groups is 1. The molecule has 100 valence electrons. The van der Waals surface area contributed by atoms with Crippen LogP contribution in [0.5, 0.6) is 5.88 Å². The lowest BCUT2D eigenvalue weighted by Gasteiger charge is -1.95. The van der Waals surface area contributed by atoms with Crippen molar-refractivity contribution in [3.63, 3.8) is 0 Å². The van der Waals surface area contributed by atoms with E-state index in [2.05, 4.69) is 15.2 Å². The van der Waals surface area contributed by atoms with E-state index in [1.807, 2.05) is 0 Å². The van der Waals surface area contributed by atoms with E-state index in [-0.39, 0.29) is 11.6 Å². The summed E-state index contributed by atoms with van der Waals surface area (Å²) in [5, 5.41) is 18.8. The minimum absolute atomic E-state index is 0.165. The first-order valence-electron chi connectivity index (χ1n) is 5.81. The lowest BCUT2D eigenvalue weighted by Crippen LogP contribution is -1.72. The van der Waals surface area contributed by atoms with Gasteiger partial charge in [0.1, 0.15) is 11.5 Å². The number of rotatable bonds is 2. The number of H-pyrrole nitrogens is 1. The number of aromatic amines is 1. The number of benzene rings is 2. The van der Waals surface area contributed by atoms with Crippen LogP contribution in [0.2, 0.25) is 5.02 Å². The molecule has 1 heterocycles. The van der Waals surface area contributed by atoms with E-state index >= 15 is 0 Å². The maximum Gasteiger partial charge on any atom is 0.218 e. The molecule has 0 bridgehead atoms. The van der Waals surface area contributed by atoms with Crippen molar-refractivity contribution >= 4 is 33.9 Å². The summed E-state index contributed by atoms with van der Waals surface area (Å²) in [5.74, 6) is -0.560. The predicted molar refractivity (Wildman–Crippen MR) is 75.5 cm³/mol. The molecule has 0 saturated carbocycles. The third-order valence-corrected chi connectivity index (χ3v) is 3.14. The maximum atomic E-state index is 13.1. The zero-order valence-electron chi connectivity index (χ0n) is 10.1. The van der Waals surface area contributed by atoms with Crippen molar-refractivity contribution in [2.24, 2.45) is 10.2 Å². The van der Waals surface area contributed by atoms with E-state index in [1.165, 1.54) is 18.2 Å². The van der Waals surface area contributed by atoms with Crippen LogP contribution in [-0.2, 0) is 0 Å². The lowest BCUT2D eigenvalue weighted by molar-refractivity contribution is 0.459. The molecule has 2 aromatic carbocycles. The van der Waals surface area contributed by atoms with Crippen molar-refractivity contribution < 1.29 is 9.50 Å². The van der Waals surface area contributed by atoms with E-state index in [4.69, 9.17) is 11.6 Å². The Balaban J connectivity index is 2.07. The summed E-state index contributed by atoms with van der Waals surface area (Å²) in [6.45, 7) is 0. The Morgan fingerprint density at radius 2 is 1.90 bits per heavy atom. The van der Waals surface area contributed by atoms with Gasteiger partial charge in [-0.3, -0.25) is 0 Å². The van der Waals surface area contributed by atoms with Gasteiger partial charge < -0.3 is 10.1 Å². The van der Waals surface area contributed by atoms with E-state index in [1.54, 1.807) is 24.3 Å². The summed E-state index contributed by atoms with van der Waals surface area (Å²) >= 11 is 5.97. The number of aromatic nitrogens is 1. The lowest BCUT2D eigenvalue weighted by atomic mass is 10.2. The number of hydrogen-bond acceptors (Lipinski definition) is 3. The van der Waals surface area contributed by atoms with Crippen LogP contribution < -0.4 is 0 Å². The van der Waals surface area contributed by atoms with Gasteiger partial charge in [0.25, 0.3) is 0 Å². The second-order valence-corrected chi connectivity index (χ2v) is 4.57. The van der Waals surface area contributed by atoms with Crippen molar-refractivity contribution in [3.8, 4) is 5.88 Å². The Kier molecular flexibility index (Phi) is 3.12. The molecule has 6 heteroatoms. The minimum atomic E-state index is -0.395. The summed E-state index contributed by atoms with van der Waals surface area (Å²) in [5.41, 5.74) is 1.19. The Bertz CT molecular complexity index is 813. The summed E-state index contributed by atoms with van der Waals surface area (Å²) < 4.78 is 13.1. The molecule has 0 fully saturated rings. The molecule has 0 aliphatic heterocycles. The number of halogens is 2. The second kappa shape index (κ2) is 4.94. The Hall–Kier alpha value is -2.40. The van der Waals surface area contributed by atoms with Crippen LogP contribution in [0.1, 0.15) is 0 Å². The van der Waals surface area contributed by atoms with Gasteiger partial charge in [-0.25, -0.2) is 4.39 Å². The highest BCUT2D eigenvalue weighted by Crippen LogP contribution is 2.37. The highest BCUT2D eigenvalue weighted by atomic mass is 35.5. The molecule has 20 heavy (non-hydrogen) atoms. The quantitative estimate of drug-likeness (QED) is 0.635. The Morgan fingerprint density at radius 3 is 2.70 bits per heavy atom. The summed E-state index contributed by atoms with van der Waals surface area (Å²) in [6.07, 6.45) is 0. The molecule has 3 rings (SSSR count). The summed E-state index contributed by atoms with van der Waals surface area (Å²) in [4.78, 5) is 2.65. The zero-order valence-corrected chi connectivity index (χ0v) is 10.9. The van der Waals surface area contributed by atoms with Gasteiger partial charge in [0.05, 0.1) is 10.5 Å². The number of nitrogens with zero attached hydrogens (tertiary/aromatic N) is 2. The van der Waals surface area contributed by atoms with Crippen LogP contribution in [0, 0.1) is 5.82 Å². The standard InChI is InChI=1S/C14H9ClFN3O/c15-10-3-1-2-4-11(10)18-19-13-9-6-5-8(16)7-12(9)17-14(13)20/h1-7,17,20H. The van der Waals surface area contributed by atoms with Gasteiger partial charge in [-0.05, 0) is 30.3 Å². The molecule has 4 nitrogen and oxygen atoms in total. The second-order valence-electron chi connectivity index (χ2n) is 4.16. The molecule has 0 unspecified atom stereocenters. The van der Waals surface area contributed by atoms with Crippen LogP contribution >= 0.6 is 11.6 Å². The molecule has 0 amide bonds. The third kappa shape index (κ3) is 2.23. The number of hydrogen-bond donors (Lipinski definition) is 2. The van der Waals surface area contributed by atoms with Crippen LogP contribution in [0.4, 0.5) is 15.8 Å². The van der Waals surface area contributed by atoms with Gasteiger partial charge >= 0.3 is 0 Å². The molecule has 1 aromatic heterocycles. The van der Waals surface area contributed by atoms with Crippen LogP contribution in [-0.4, -0.2) is 10.1 Å². The normalized spacial score (nSPS) is 11.5. The van der Waals surface area contributed by atoms with E-state index in [9.17, 15) is 9.50 Å². The largest absolute Gasteiger partial charge is 0.493 e. The SMILES string of the molecule is Oc1[nH]c2cc(F)ccc2c1N=Nc1ccccc1Cl. The number of nitrogens with one attached hydrogen (secondary N) is 1. The van der Waals surface area contributed by atoms with Crippen LogP contribution in [0.25, 0.3) is 10.9 Å². The van der Waals surface area contributed by atoms with E-state index < -0.39 is 5.82 Å². The van der Waals surface area contributed by atoms with Crippen molar-refractivity contribution in [2.75, 3.05) is 0 Å². The van der Waals surface area contributed by atoms with Gasteiger partial charge in [-0.15, -0.1) is 10.2 Å². The average molecular weight is 290 g/mol. The van der Waals surface area contributed by atoms with Crippen molar-refractivity contribution in [3.05, 3.63) is 53.3 Å². The molecule has 0 aliphatic rings. The molecule has 0 spiro atoms. The van der Waals surface area contributed by atoms with Crippen LogP contribution in [0.3, 0.4) is 0 Å². The fraction of sp³-hybridized carbons (Fsp3) is 0. The zero-order chi connectivity index (χ0) is 14.1. The van der Waals surface area contributed by atoms with Crippen LogP contribution in [0.15, 0.2) is 52.7 Å². The first-order valence-corrected chi connectivity index (χ1v) is 6.19. The van der Waals surface area contributed by atoms with Crippen molar-refractivity contribution in [1.82, 2.24) is 4.98 Å². The van der Waals surface area contributed by atoms with Gasteiger partial charge in [-0.2, -0.15) is 0 Å². The first kappa shape index (κ1) is 12.6. The Labute approximate surface area is 118 Å². The number of fused-ring (bicyclic) bond motifs is 1. The van der Waals surface area contributed by atoms with E-state index in [0.717, 1.165) is 0 Å². The highest BCUT2D eigenvalue weighted by Gasteiger charge is 2.11.